The molecule has 1 heterocycles. The Labute approximate surface area is 180 Å². The maximum Gasteiger partial charge on any atom is 0.227 e. The number of anilines is 1. The topological polar surface area (TPSA) is 61.9 Å². The van der Waals surface area contributed by atoms with Gasteiger partial charge in [-0.25, -0.2) is 4.39 Å². The van der Waals surface area contributed by atoms with Crippen LogP contribution < -0.4 is 10.1 Å². The van der Waals surface area contributed by atoms with Crippen molar-refractivity contribution in [3.8, 4) is 5.75 Å². The first-order chi connectivity index (χ1) is 14.5. The number of hydrogen-bond acceptors (Lipinski definition) is 4. The summed E-state index contributed by atoms with van der Waals surface area (Å²) in [6.45, 7) is 2.48. The Morgan fingerprint density at radius 2 is 1.67 bits per heavy atom. The summed E-state index contributed by atoms with van der Waals surface area (Å²) in [6, 6.07) is 11.2. The Morgan fingerprint density at radius 1 is 1.03 bits per heavy atom. The number of rotatable bonds is 7. The van der Waals surface area contributed by atoms with Crippen LogP contribution in [0, 0.1) is 5.82 Å². The molecule has 160 valence electrons. The number of methoxy groups -OCH3 is 1. The highest BCUT2D eigenvalue weighted by Crippen LogP contribution is 2.27. The van der Waals surface area contributed by atoms with Crippen LogP contribution in [0.15, 0.2) is 42.5 Å². The summed E-state index contributed by atoms with van der Waals surface area (Å²) in [5, 5.41) is 3.77. The van der Waals surface area contributed by atoms with Gasteiger partial charge in [-0.3, -0.25) is 9.59 Å². The van der Waals surface area contributed by atoms with Gasteiger partial charge in [-0.15, -0.1) is 0 Å². The Balaban J connectivity index is 1.42. The lowest BCUT2D eigenvalue weighted by molar-refractivity contribution is -0.139. The predicted octanol–water partition coefficient (Wildman–Crippen LogP) is 3.20. The van der Waals surface area contributed by atoms with Crippen molar-refractivity contribution in [2.45, 2.75) is 12.8 Å². The summed E-state index contributed by atoms with van der Waals surface area (Å²) < 4.78 is 18.3. The van der Waals surface area contributed by atoms with Crippen LogP contribution >= 0.6 is 11.6 Å². The summed E-state index contributed by atoms with van der Waals surface area (Å²) in [7, 11) is 1.58. The highest BCUT2D eigenvalue weighted by molar-refractivity contribution is 6.30. The monoisotopic (exact) mass is 433 g/mol. The van der Waals surface area contributed by atoms with Crippen molar-refractivity contribution in [3.05, 3.63) is 58.9 Å². The molecule has 2 aromatic carbocycles. The molecule has 2 aromatic rings. The van der Waals surface area contributed by atoms with Gasteiger partial charge in [0, 0.05) is 44.2 Å². The highest BCUT2D eigenvalue weighted by atomic mass is 35.5. The average molecular weight is 434 g/mol. The Bertz CT molecular complexity index is 884. The molecule has 6 nitrogen and oxygen atoms in total. The van der Waals surface area contributed by atoms with E-state index in [4.69, 9.17) is 16.3 Å². The summed E-state index contributed by atoms with van der Waals surface area (Å²) in [5.74, 6) is 0.374. The summed E-state index contributed by atoms with van der Waals surface area (Å²) >= 11 is 6.01. The second-order valence-electron chi connectivity index (χ2n) is 7.09. The summed E-state index contributed by atoms with van der Waals surface area (Å²) in [4.78, 5) is 28.5. The molecule has 1 aliphatic rings. The number of piperazine rings is 1. The van der Waals surface area contributed by atoms with E-state index < -0.39 is 0 Å². The van der Waals surface area contributed by atoms with E-state index in [0.29, 0.717) is 49.9 Å². The smallest absolute Gasteiger partial charge is 0.227 e. The van der Waals surface area contributed by atoms with Gasteiger partial charge in [0.1, 0.15) is 11.6 Å². The number of benzene rings is 2. The molecule has 1 aliphatic heterocycles. The van der Waals surface area contributed by atoms with E-state index in [1.165, 1.54) is 12.1 Å². The van der Waals surface area contributed by atoms with Gasteiger partial charge < -0.3 is 19.9 Å². The number of ether oxygens (including phenoxy) is 1. The number of carbonyl (C=O) groups excluding carboxylic acids is 2. The zero-order chi connectivity index (χ0) is 21.5. The first-order valence-electron chi connectivity index (χ1n) is 9.83. The Morgan fingerprint density at radius 3 is 2.30 bits per heavy atom. The molecule has 0 bridgehead atoms. The zero-order valence-corrected chi connectivity index (χ0v) is 17.6. The minimum Gasteiger partial charge on any atom is -0.495 e. The molecule has 0 aliphatic carbocycles. The van der Waals surface area contributed by atoms with Crippen molar-refractivity contribution in [2.24, 2.45) is 0 Å². The molecule has 0 atom stereocenters. The Kier molecular flexibility index (Phi) is 7.52. The van der Waals surface area contributed by atoms with Gasteiger partial charge in [-0.1, -0.05) is 23.7 Å². The number of carbonyl (C=O) groups is 2. The van der Waals surface area contributed by atoms with E-state index in [1.807, 2.05) is 0 Å². The summed E-state index contributed by atoms with van der Waals surface area (Å²) in [6.07, 6.45) is 0.568. The van der Waals surface area contributed by atoms with Crippen LogP contribution in [0.5, 0.6) is 5.75 Å². The van der Waals surface area contributed by atoms with Crippen molar-refractivity contribution < 1.29 is 18.7 Å². The fourth-order valence-electron chi connectivity index (χ4n) is 3.37. The lowest BCUT2D eigenvalue weighted by Gasteiger charge is -2.35. The van der Waals surface area contributed by atoms with Crippen LogP contribution in [0.25, 0.3) is 0 Å². The van der Waals surface area contributed by atoms with Crippen molar-refractivity contribution in [3.63, 3.8) is 0 Å². The Hall–Kier alpha value is -2.80. The molecular weight excluding hydrogens is 409 g/mol. The molecule has 3 rings (SSSR count). The molecule has 0 spiro atoms. The van der Waals surface area contributed by atoms with E-state index in [-0.39, 0.29) is 24.1 Å². The van der Waals surface area contributed by atoms with E-state index in [0.717, 1.165) is 11.3 Å². The first kappa shape index (κ1) is 21.9. The maximum absolute atomic E-state index is 13.0. The van der Waals surface area contributed by atoms with Crippen molar-refractivity contribution in [1.82, 2.24) is 9.80 Å². The molecule has 30 heavy (non-hydrogen) atoms. The molecule has 1 saturated heterocycles. The minimum absolute atomic E-state index is 0.0107. The van der Waals surface area contributed by atoms with Crippen molar-refractivity contribution in [1.29, 1.82) is 0 Å². The van der Waals surface area contributed by atoms with Crippen LogP contribution in [0.2, 0.25) is 5.02 Å². The molecule has 2 amide bonds. The van der Waals surface area contributed by atoms with Gasteiger partial charge in [0.25, 0.3) is 0 Å². The van der Waals surface area contributed by atoms with Gasteiger partial charge >= 0.3 is 0 Å². The number of amides is 2. The quantitative estimate of drug-likeness (QED) is 0.728. The van der Waals surface area contributed by atoms with Gasteiger partial charge in [0.05, 0.1) is 19.2 Å². The molecule has 0 aromatic heterocycles. The SMILES string of the molecule is COc1ccc(Cl)cc1NCCC(=O)N1CCN(C(=O)Cc2ccc(F)cc2)CC1. The minimum atomic E-state index is -0.318. The number of nitrogens with one attached hydrogen (secondary N) is 1. The van der Waals surface area contributed by atoms with Crippen molar-refractivity contribution >= 4 is 29.1 Å². The number of nitrogens with zero attached hydrogens (tertiary/aromatic N) is 2. The molecule has 0 radical (unpaired) electrons. The van der Waals surface area contributed by atoms with Gasteiger partial charge in [-0.05, 0) is 35.9 Å². The van der Waals surface area contributed by atoms with Crippen LogP contribution in [0.1, 0.15) is 12.0 Å². The fraction of sp³-hybridized carbons (Fsp3) is 0.364. The van der Waals surface area contributed by atoms with Gasteiger partial charge in [0.2, 0.25) is 11.8 Å². The van der Waals surface area contributed by atoms with Crippen LogP contribution in [0.4, 0.5) is 10.1 Å². The molecule has 0 unspecified atom stereocenters. The molecule has 1 N–H and O–H groups in total. The zero-order valence-electron chi connectivity index (χ0n) is 16.9. The normalized spacial score (nSPS) is 13.8. The predicted molar refractivity (Wildman–Crippen MR) is 114 cm³/mol. The molecular formula is C22H25ClFN3O3. The van der Waals surface area contributed by atoms with Crippen molar-refractivity contribution in [2.75, 3.05) is 45.2 Å². The van der Waals surface area contributed by atoms with Crippen LogP contribution in [-0.4, -0.2) is 61.4 Å². The number of halogens is 2. The third-order valence-electron chi connectivity index (χ3n) is 5.07. The van der Waals surface area contributed by atoms with Gasteiger partial charge in [0.15, 0.2) is 0 Å². The largest absolute Gasteiger partial charge is 0.495 e. The van der Waals surface area contributed by atoms with Crippen LogP contribution in [0.3, 0.4) is 0 Å². The van der Waals surface area contributed by atoms with E-state index in [1.54, 1.807) is 47.2 Å². The second kappa shape index (κ2) is 10.3. The lowest BCUT2D eigenvalue weighted by Crippen LogP contribution is -2.51. The standard InChI is InChI=1S/C22H25ClFN3O3/c1-30-20-7-4-17(23)15-19(20)25-9-8-21(28)26-10-12-27(13-11-26)22(29)14-16-2-5-18(24)6-3-16/h2-7,15,25H,8-14H2,1H3. The molecule has 1 fully saturated rings. The van der Waals surface area contributed by atoms with E-state index in [2.05, 4.69) is 5.32 Å². The summed E-state index contributed by atoms with van der Waals surface area (Å²) in [5.41, 5.74) is 1.52. The first-order valence-corrected chi connectivity index (χ1v) is 10.2. The third-order valence-corrected chi connectivity index (χ3v) is 5.30. The molecule has 8 heteroatoms. The third kappa shape index (κ3) is 5.86. The van der Waals surface area contributed by atoms with E-state index in [9.17, 15) is 14.0 Å². The molecule has 0 saturated carbocycles. The maximum atomic E-state index is 13.0. The average Bonchev–Trinajstić information content (AvgIpc) is 2.75. The lowest BCUT2D eigenvalue weighted by atomic mass is 10.1. The second-order valence-corrected chi connectivity index (χ2v) is 7.52. The van der Waals surface area contributed by atoms with Crippen LogP contribution in [-0.2, 0) is 16.0 Å². The van der Waals surface area contributed by atoms with Gasteiger partial charge in [-0.2, -0.15) is 0 Å². The van der Waals surface area contributed by atoms with E-state index >= 15 is 0 Å². The number of hydrogen-bond donors (Lipinski definition) is 1. The fourth-order valence-corrected chi connectivity index (χ4v) is 3.55. The highest BCUT2D eigenvalue weighted by Gasteiger charge is 2.24.